The zero-order valence-electron chi connectivity index (χ0n) is 6.74. The molecule has 0 aliphatic rings. The van der Waals surface area contributed by atoms with Gasteiger partial charge >= 0.3 is 0 Å². The van der Waals surface area contributed by atoms with Gasteiger partial charge < -0.3 is 10.0 Å². The highest BCUT2D eigenvalue weighted by Crippen LogP contribution is 2.24. The summed E-state index contributed by atoms with van der Waals surface area (Å²) in [6.45, 7) is 0. The summed E-state index contributed by atoms with van der Waals surface area (Å²) in [5.41, 5.74) is 7.63. The molecule has 0 aliphatic carbocycles. The average molecular weight is 168 g/mol. The van der Waals surface area contributed by atoms with Gasteiger partial charge in [0, 0.05) is 13.3 Å². The minimum atomic E-state index is 0.823. The van der Waals surface area contributed by atoms with Crippen LogP contribution in [0.1, 0.15) is 0 Å². The zero-order chi connectivity index (χ0) is 8.27. The topological polar surface area (TPSA) is 29.3 Å². The maximum absolute atomic E-state index is 5.74. The number of nitrogen functional groups attached to an aromatic ring is 1. The highest BCUT2D eigenvalue weighted by atomic mass is 32.2. The first-order chi connectivity index (χ1) is 5.25. The quantitative estimate of drug-likeness (QED) is 0.541. The van der Waals surface area contributed by atoms with E-state index < -0.39 is 0 Å². The van der Waals surface area contributed by atoms with Crippen LogP contribution in [0.25, 0.3) is 0 Å². The molecular weight excluding hydrogens is 156 g/mol. The van der Waals surface area contributed by atoms with Gasteiger partial charge in [-0.15, -0.1) is 0 Å². The van der Waals surface area contributed by atoms with Gasteiger partial charge in [-0.3, -0.25) is 0 Å². The number of para-hydroxylation sites is 2. The molecular formula is C8H12N2S. The van der Waals surface area contributed by atoms with Gasteiger partial charge in [0.15, 0.2) is 0 Å². The van der Waals surface area contributed by atoms with Crippen molar-refractivity contribution in [1.82, 2.24) is 0 Å². The molecule has 11 heavy (non-hydrogen) atoms. The molecule has 1 aromatic rings. The van der Waals surface area contributed by atoms with Gasteiger partial charge in [0.25, 0.3) is 0 Å². The van der Waals surface area contributed by atoms with Crippen molar-refractivity contribution >= 4 is 23.3 Å². The third-order valence-corrected chi connectivity index (χ3v) is 2.29. The molecule has 0 atom stereocenters. The number of benzene rings is 1. The van der Waals surface area contributed by atoms with E-state index in [2.05, 4.69) is 0 Å². The molecule has 0 fully saturated rings. The predicted octanol–water partition coefficient (Wildman–Crippen LogP) is 1.98. The maximum Gasteiger partial charge on any atom is 0.0696 e. The number of nitrogens with two attached hydrogens (primary N) is 1. The van der Waals surface area contributed by atoms with Gasteiger partial charge in [-0.1, -0.05) is 24.1 Å². The van der Waals surface area contributed by atoms with Crippen molar-refractivity contribution in [3.63, 3.8) is 0 Å². The molecule has 0 radical (unpaired) electrons. The van der Waals surface area contributed by atoms with Crippen LogP contribution in [0.4, 0.5) is 11.4 Å². The third kappa shape index (κ3) is 1.80. The number of hydrogen-bond acceptors (Lipinski definition) is 3. The number of anilines is 2. The Hall–Kier alpha value is -0.830. The highest BCUT2D eigenvalue weighted by molar-refractivity contribution is 7.99. The Morgan fingerprint density at radius 1 is 1.36 bits per heavy atom. The van der Waals surface area contributed by atoms with Crippen LogP contribution in [-0.2, 0) is 0 Å². The van der Waals surface area contributed by atoms with Crippen molar-refractivity contribution in [2.45, 2.75) is 0 Å². The van der Waals surface area contributed by atoms with E-state index >= 15 is 0 Å². The Morgan fingerprint density at radius 3 is 2.55 bits per heavy atom. The van der Waals surface area contributed by atoms with Crippen molar-refractivity contribution in [2.75, 3.05) is 23.3 Å². The highest BCUT2D eigenvalue weighted by Gasteiger charge is 2.00. The largest absolute Gasteiger partial charge is 0.397 e. The maximum atomic E-state index is 5.74. The molecule has 0 aliphatic heterocycles. The summed E-state index contributed by atoms with van der Waals surface area (Å²) in [4.78, 5) is 0. The second kappa shape index (κ2) is 3.53. The molecule has 0 saturated heterocycles. The normalized spacial score (nSPS) is 9.64. The van der Waals surface area contributed by atoms with E-state index in [1.807, 2.05) is 41.9 Å². The van der Waals surface area contributed by atoms with Gasteiger partial charge in [-0.25, -0.2) is 0 Å². The monoisotopic (exact) mass is 168 g/mol. The lowest BCUT2D eigenvalue weighted by Gasteiger charge is -2.16. The molecule has 0 amide bonds. The minimum Gasteiger partial charge on any atom is -0.397 e. The standard InChI is InChI=1S/C8H12N2S/c1-10(11-2)8-6-4-3-5-7(8)9/h3-6H,9H2,1-2H3. The van der Waals surface area contributed by atoms with Crippen molar-refractivity contribution in [2.24, 2.45) is 0 Å². The van der Waals surface area contributed by atoms with Crippen LogP contribution in [0.5, 0.6) is 0 Å². The van der Waals surface area contributed by atoms with Gasteiger partial charge in [0.1, 0.15) is 0 Å². The lowest BCUT2D eigenvalue weighted by molar-refractivity contribution is 1.37. The van der Waals surface area contributed by atoms with Crippen LogP contribution >= 0.6 is 11.9 Å². The van der Waals surface area contributed by atoms with Crippen molar-refractivity contribution in [1.29, 1.82) is 0 Å². The lowest BCUT2D eigenvalue weighted by atomic mass is 10.3. The van der Waals surface area contributed by atoms with Crippen LogP contribution in [0.3, 0.4) is 0 Å². The zero-order valence-corrected chi connectivity index (χ0v) is 7.56. The van der Waals surface area contributed by atoms with E-state index in [-0.39, 0.29) is 0 Å². The smallest absolute Gasteiger partial charge is 0.0696 e. The summed E-state index contributed by atoms with van der Waals surface area (Å²) >= 11 is 1.65. The third-order valence-electron chi connectivity index (χ3n) is 1.55. The fourth-order valence-electron chi connectivity index (χ4n) is 0.873. The van der Waals surface area contributed by atoms with E-state index in [1.165, 1.54) is 0 Å². The van der Waals surface area contributed by atoms with E-state index in [0.29, 0.717) is 0 Å². The van der Waals surface area contributed by atoms with Crippen molar-refractivity contribution < 1.29 is 0 Å². The van der Waals surface area contributed by atoms with Crippen molar-refractivity contribution in [3.05, 3.63) is 24.3 Å². The fraction of sp³-hybridized carbons (Fsp3) is 0.250. The number of hydrogen-bond donors (Lipinski definition) is 1. The van der Waals surface area contributed by atoms with Crippen LogP contribution in [0.15, 0.2) is 24.3 Å². The lowest BCUT2D eigenvalue weighted by Crippen LogP contribution is -2.07. The molecule has 0 unspecified atom stereocenters. The fourth-order valence-corrected chi connectivity index (χ4v) is 1.24. The number of rotatable bonds is 2. The Balaban J connectivity index is 2.93. The van der Waals surface area contributed by atoms with Gasteiger partial charge in [0.05, 0.1) is 11.4 Å². The first-order valence-electron chi connectivity index (χ1n) is 3.38. The van der Waals surface area contributed by atoms with Gasteiger partial charge in [-0.05, 0) is 12.1 Å². The summed E-state index contributed by atoms with van der Waals surface area (Å²) in [6, 6.07) is 7.83. The minimum absolute atomic E-state index is 0.823. The molecule has 0 heterocycles. The van der Waals surface area contributed by atoms with E-state index in [1.54, 1.807) is 11.9 Å². The summed E-state index contributed by atoms with van der Waals surface area (Å²) in [6.07, 6.45) is 2.02. The van der Waals surface area contributed by atoms with Gasteiger partial charge in [-0.2, -0.15) is 0 Å². The summed E-state index contributed by atoms with van der Waals surface area (Å²) in [5.74, 6) is 0. The molecule has 2 nitrogen and oxygen atoms in total. The molecule has 0 saturated carbocycles. The molecule has 0 spiro atoms. The summed E-state index contributed by atoms with van der Waals surface area (Å²) in [7, 11) is 2.00. The SMILES string of the molecule is CSN(C)c1ccccc1N. The first-order valence-corrected chi connectivity index (χ1v) is 4.56. The first kappa shape index (κ1) is 8.27. The van der Waals surface area contributed by atoms with Crippen LogP contribution < -0.4 is 10.0 Å². The van der Waals surface area contributed by atoms with Crippen LogP contribution in [-0.4, -0.2) is 13.3 Å². The van der Waals surface area contributed by atoms with Gasteiger partial charge in [0.2, 0.25) is 0 Å². The molecule has 1 aromatic carbocycles. The van der Waals surface area contributed by atoms with Crippen LogP contribution in [0.2, 0.25) is 0 Å². The summed E-state index contributed by atoms with van der Waals surface area (Å²) in [5, 5.41) is 0. The Labute approximate surface area is 71.5 Å². The summed E-state index contributed by atoms with van der Waals surface area (Å²) < 4.78 is 2.04. The Bertz CT molecular complexity index is 237. The molecule has 0 bridgehead atoms. The van der Waals surface area contributed by atoms with Crippen molar-refractivity contribution in [3.8, 4) is 0 Å². The molecule has 1 rings (SSSR count). The molecule has 2 N–H and O–H groups in total. The van der Waals surface area contributed by atoms with Crippen LogP contribution in [0, 0.1) is 0 Å². The predicted molar refractivity (Wildman–Crippen MR) is 52.8 cm³/mol. The average Bonchev–Trinajstić information content (AvgIpc) is 2.04. The van der Waals surface area contributed by atoms with E-state index in [4.69, 9.17) is 5.73 Å². The Morgan fingerprint density at radius 2 is 2.00 bits per heavy atom. The molecule has 60 valence electrons. The Kier molecular flexibility index (Phi) is 2.65. The van der Waals surface area contributed by atoms with E-state index in [0.717, 1.165) is 11.4 Å². The second-order valence-corrected chi connectivity index (χ2v) is 3.15. The molecule has 0 aromatic heterocycles. The molecule has 3 heteroatoms. The van der Waals surface area contributed by atoms with E-state index in [9.17, 15) is 0 Å². The number of nitrogens with zero attached hydrogens (tertiary/aromatic N) is 1. The second-order valence-electron chi connectivity index (χ2n) is 2.24.